The van der Waals surface area contributed by atoms with E-state index in [4.69, 9.17) is 4.74 Å². The Morgan fingerprint density at radius 3 is 2.13 bits per heavy atom. The molecule has 0 aromatic heterocycles. The van der Waals surface area contributed by atoms with Gasteiger partial charge in [0.25, 0.3) is 0 Å². The number of hydrogen-bond acceptors (Lipinski definition) is 2. The Bertz CT molecular complexity index is 617. The van der Waals surface area contributed by atoms with E-state index in [2.05, 4.69) is 48.6 Å². The zero-order chi connectivity index (χ0) is 16.7. The van der Waals surface area contributed by atoms with Crippen LogP contribution in [-0.2, 0) is 11.2 Å². The number of carbonyl (C=O) groups excluding carboxylic acids is 1. The standard InChI is InChI=1S/C20H25NO2/c1-4-13-23-20-11-9-19(10-12-20)18-7-5-17(6-8-18)14-15(2)21-16(3)22/h5-12,15H,4,13-14H2,1-3H3,(H,21,22). The molecule has 2 aromatic carbocycles. The second kappa shape index (κ2) is 8.37. The smallest absolute Gasteiger partial charge is 0.217 e. The number of nitrogens with one attached hydrogen (secondary N) is 1. The molecule has 122 valence electrons. The van der Waals surface area contributed by atoms with Gasteiger partial charge in [-0.15, -0.1) is 0 Å². The topological polar surface area (TPSA) is 38.3 Å². The number of rotatable bonds is 7. The van der Waals surface area contributed by atoms with Crippen LogP contribution >= 0.6 is 0 Å². The van der Waals surface area contributed by atoms with Crippen LogP contribution in [0.4, 0.5) is 0 Å². The van der Waals surface area contributed by atoms with Crippen LogP contribution < -0.4 is 10.1 Å². The van der Waals surface area contributed by atoms with Crippen LogP contribution in [0.1, 0.15) is 32.8 Å². The fourth-order valence-electron chi connectivity index (χ4n) is 2.55. The van der Waals surface area contributed by atoms with Gasteiger partial charge in [-0.3, -0.25) is 4.79 Å². The summed E-state index contributed by atoms with van der Waals surface area (Å²) < 4.78 is 5.61. The van der Waals surface area contributed by atoms with Crippen molar-refractivity contribution in [3.63, 3.8) is 0 Å². The molecule has 2 rings (SSSR count). The summed E-state index contributed by atoms with van der Waals surface area (Å²) in [5.41, 5.74) is 3.58. The van der Waals surface area contributed by atoms with Crippen molar-refractivity contribution < 1.29 is 9.53 Å². The molecule has 0 saturated carbocycles. The Labute approximate surface area is 138 Å². The molecule has 1 N–H and O–H groups in total. The third kappa shape index (κ3) is 5.44. The van der Waals surface area contributed by atoms with Gasteiger partial charge in [0, 0.05) is 13.0 Å². The van der Waals surface area contributed by atoms with Crippen molar-refractivity contribution in [1.29, 1.82) is 0 Å². The van der Waals surface area contributed by atoms with Crippen molar-refractivity contribution in [3.8, 4) is 16.9 Å². The summed E-state index contributed by atoms with van der Waals surface area (Å²) in [5.74, 6) is 0.927. The molecule has 1 atom stereocenters. The van der Waals surface area contributed by atoms with Crippen molar-refractivity contribution in [1.82, 2.24) is 5.32 Å². The first kappa shape index (κ1) is 17.1. The van der Waals surface area contributed by atoms with Crippen LogP contribution in [0.2, 0.25) is 0 Å². The van der Waals surface area contributed by atoms with Gasteiger partial charge in [0.15, 0.2) is 0 Å². The predicted octanol–water partition coefficient (Wildman–Crippen LogP) is 4.21. The van der Waals surface area contributed by atoms with Gasteiger partial charge >= 0.3 is 0 Å². The first-order valence-corrected chi connectivity index (χ1v) is 8.17. The summed E-state index contributed by atoms with van der Waals surface area (Å²) >= 11 is 0. The summed E-state index contributed by atoms with van der Waals surface area (Å²) in [4.78, 5) is 11.1. The minimum atomic E-state index is 0.0134. The van der Waals surface area contributed by atoms with E-state index in [1.54, 1.807) is 6.92 Å². The zero-order valence-electron chi connectivity index (χ0n) is 14.1. The highest BCUT2D eigenvalue weighted by Gasteiger charge is 2.05. The van der Waals surface area contributed by atoms with E-state index in [0.717, 1.165) is 25.2 Å². The van der Waals surface area contributed by atoms with Crippen molar-refractivity contribution >= 4 is 5.91 Å². The third-order valence-electron chi connectivity index (χ3n) is 3.61. The van der Waals surface area contributed by atoms with E-state index in [0.29, 0.717) is 0 Å². The minimum absolute atomic E-state index is 0.0134. The van der Waals surface area contributed by atoms with Crippen molar-refractivity contribution in [2.45, 2.75) is 39.7 Å². The van der Waals surface area contributed by atoms with Crippen LogP contribution in [0, 0.1) is 0 Å². The molecule has 0 aliphatic carbocycles. The Balaban J connectivity index is 2.00. The van der Waals surface area contributed by atoms with Gasteiger partial charge in [-0.2, -0.15) is 0 Å². The molecule has 0 saturated heterocycles. The Morgan fingerprint density at radius 1 is 1.04 bits per heavy atom. The molecular formula is C20H25NO2. The van der Waals surface area contributed by atoms with E-state index < -0.39 is 0 Å². The Morgan fingerprint density at radius 2 is 1.61 bits per heavy atom. The van der Waals surface area contributed by atoms with Crippen LogP contribution in [0.15, 0.2) is 48.5 Å². The number of amides is 1. The fourth-order valence-corrected chi connectivity index (χ4v) is 2.55. The molecule has 0 aliphatic rings. The van der Waals surface area contributed by atoms with Crippen molar-refractivity contribution in [3.05, 3.63) is 54.1 Å². The largest absolute Gasteiger partial charge is 0.494 e. The van der Waals surface area contributed by atoms with Gasteiger partial charge in [0.1, 0.15) is 5.75 Å². The van der Waals surface area contributed by atoms with E-state index in [-0.39, 0.29) is 11.9 Å². The average Bonchev–Trinajstić information content (AvgIpc) is 2.53. The quantitative estimate of drug-likeness (QED) is 0.832. The third-order valence-corrected chi connectivity index (χ3v) is 3.61. The van der Waals surface area contributed by atoms with Crippen LogP contribution in [-0.4, -0.2) is 18.6 Å². The maximum atomic E-state index is 11.1. The van der Waals surface area contributed by atoms with Gasteiger partial charge in [-0.05, 0) is 48.6 Å². The molecule has 1 unspecified atom stereocenters. The number of ether oxygens (including phenoxy) is 1. The molecule has 0 heterocycles. The fraction of sp³-hybridized carbons (Fsp3) is 0.350. The minimum Gasteiger partial charge on any atom is -0.494 e. The Kier molecular flexibility index (Phi) is 6.21. The van der Waals surface area contributed by atoms with Gasteiger partial charge in [-0.1, -0.05) is 43.3 Å². The van der Waals surface area contributed by atoms with E-state index >= 15 is 0 Å². The molecule has 1 amide bonds. The first-order valence-electron chi connectivity index (χ1n) is 8.17. The molecule has 2 aromatic rings. The van der Waals surface area contributed by atoms with E-state index in [9.17, 15) is 4.79 Å². The second-order valence-corrected chi connectivity index (χ2v) is 5.88. The number of hydrogen-bond donors (Lipinski definition) is 1. The molecule has 3 heteroatoms. The zero-order valence-corrected chi connectivity index (χ0v) is 14.1. The summed E-state index contributed by atoms with van der Waals surface area (Å²) in [6, 6.07) is 16.8. The summed E-state index contributed by atoms with van der Waals surface area (Å²) in [6.45, 7) is 6.42. The molecule has 23 heavy (non-hydrogen) atoms. The lowest BCUT2D eigenvalue weighted by atomic mass is 10.0. The van der Waals surface area contributed by atoms with Crippen LogP contribution in [0.3, 0.4) is 0 Å². The predicted molar refractivity (Wildman–Crippen MR) is 94.6 cm³/mol. The second-order valence-electron chi connectivity index (χ2n) is 5.88. The number of benzene rings is 2. The first-order chi connectivity index (χ1) is 11.1. The molecule has 0 bridgehead atoms. The maximum absolute atomic E-state index is 11.1. The normalized spacial score (nSPS) is 11.8. The maximum Gasteiger partial charge on any atom is 0.217 e. The van der Waals surface area contributed by atoms with E-state index in [1.165, 1.54) is 16.7 Å². The number of carbonyl (C=O) groups is 1. The lowest BCUT2D eigenvalue weighted by Crippen LogP contribution is -2.31. The van der Waals surface area contributed by atoms with Gasteiger partial charge in [-0.25, -0.2) is 0 Å². The molecule has 0 aliphatic heterocycles. The molecule has 3 nitrogen and oxygen atoms in total. The Hall–Kier alpha value is -2.29. The highest BCUT2D eigenvalue weighted by molar-refractivity contribution is 5.73. The SMILES string of the molecule is CCCOc1ccc(-c2ccc(CC(C)NC(C)=O)cc2)cc1. The summed E-state index contributed by atoms with van der Waals surface area (Å²) in [6.07, 6.45) is 1.85. The van der Waals surface area contributed by atoms with Crippen LogP contribution in [0.5, 0.6) is 5.75 Å². The molecule has 0 spiro atoms. The van der Waals surface area contributed by atoms with Crippen molar-refractivity contribution in [2.75, 3.05) is 6.61 Å². The lowest BCUT2D eigenvalue weighted by molar-refractivity contribution is -0.119. The molecule has 0 fully saturated rings. The average molecular weight is 311 g/mol. The summed E-state index contributed by atoms with van der Waals surface area (Å²) in [5, 5.41) is 2.91. The van der Waals surface area contributed by atoms with Gasteiger partial charge in [0.2, 0.25) is 5.91 Å². The van der Waals surface area contributed by atoms with Gasteiger partial charge in [0.05, 0.1) is 6.61 Å². The molecular weight excluding hydrogens is 286 g/mol. The van der Waals surface area contributed by atoms with E-state index in [1.807, 2.05) is 19.1 Å². The summed E-state index contributed by atoms with van der Waals surface area (Å²) in [7, 11) is 0. The molecule has 0 radical (unpaired) electrons. The monoisotopic (exact) mass is 311 g/mol. The highest BCUT2D eigenvalue weighted by Crippen LogP contribution is 2.23. The highest BCUT2D eigenvalue weighted by atomic mass is 16.5. The van der Waals surface area contributed by atoms with Crippen molar-refractivity contribution in [2.24, 2.45) is 0 Å². The van der Waals surface area contributed by atoms with Gasteiger partial charge < -0.3 is 10.1 Å². The van der Waals surface area contributed by atoms with Crippen LogP contribution in [0.25, 0.3) is 11.1 Å². The lowest BCUT2D eigenvalue weighted by Gasteiger charge is -2.13.